The zero-order valence-corrected chi connectivity index (χ0v) is 13.5. The molecule has 1 aliphatic heterocycles. The van der Waals surface area contributed by atoms with E-state index in [0.717, 1.165) is 16.8 Å². The summed E-state index contributed by atoms with van der Waals surface area (Å²) in [6, 6.07) is 13.6. The highest BCUT2D eigenvalue weighted by Crippen LogP contribution is 2.23. The summed E-state index contributed by atoms with van der Waals surface area (Å²) in [4.78, 5) is 17.8. The Kier molecular flexibility index (Phi) is 4.12. The molecule has 126 valence electrons. The number of ether oxygens (including phenoxy) is 1. The third-order valence-electron chi connectivity index (χ3n) is 4.17. The Hall–Kier alpha value is -3.22. The van der Waals surface area contributed by atoms with Crippen LogP contribution < -0.4 is 0 Å². The van der Waals surface area contributed by atoms with E-state index in [2.05, 4.69) is 15.3 Å². The van der Waals surface area contributed by atoms with Crippen molar-refractivity contribution in [1.82, 2.24) is 24.9 Å². The van der Waals surface area contributed by atoms with Crippen LogP contribution in [0.15, 0.2) is 61.1 Å². The number of aromatic nitrogens is 4. The number of rotatable bonds is 4. The fourth-order valence-electron chi connectivity index (χ4n) is 2.68. The van der Waals surface area contributed by atoms with Gasteiger partial charge in [0, 0.05) is 31.0 Å². The first-order valence-electron chi connectivity index (χ1n) is 8.07. The lowest BCUT2D eigenvalue weighted by Crippen LogP contribution is -2.51. The number of carbonyl (C=O) groups excluding carboxylic acids is 1. The van der Waals surface area contributed by atoms with Crippen molar-refractivity contribution in [3.8, 4) is 11.3 Å². The number of hydrogen-bond donors (Lipinski definition) is 0. The van der Waals surface area contributed by atoms with E-state index in [4.69, 9.17) is 4.74 Å². The Morgan fingerprint density at radius 3 is 2.76 bits per heavy atom. The van der Waals surface area contributed by atoms with Crippen LogP contribution in [0.5, 0.6) is 0 Å². The zero-order chi connectivity index (χ0) is 17.1. The molecule has 7 nitrogen and oxygen atoms in total. The number of carbonyl (C=O) groups is 1. The molecule has 0 radical (unpaired) electrons. The lowest BCUT2D eigenvalue weighted by Gasteiger charge is -2.37. The van der Waals surface area contributed by atoms with Crippen LogP contribution >= 0.6 is 0 Å². The lowest BCUT2D eigenvalue weighted by atomic mass is 10.1. The fourth-order valence-corrected chi connectivity index (χ4v) is 2.68. The van der Waals surface area contributed by atoms with E-state index < -0.39 is 0 Å². The second kappa shape index (κ2) is 6.72. The molecule has 0 spiro atoms. The highest BCUT2D eigenvalue weighted by molar-refractivity contribution is 5.68. The van der Waals surface area contributed by atoms with Crippen molar-refractivity contribution in [3.05, 3.63) is 66.6 Å². The fraction of sp³-hybridized carbons (Fsp3) is 0.222. The second-order valence-electron chi connectivity index (χ2n) is 5.92. The largest absolute Gasteiger partial charge is 0.445 e. The van der Waals surface area contributed by atoms with Crippen LogP contribution in [0.1, 0.15) is 11.6 Å². The number of amides is 1. The summed E-state index contributed by atoms with van der Waals surface area (Å²) in [7, 11) is 0. The van der Waals surface area contributed by atoms with Crippen molar-refractivity contribution in [2.75, 3.05) is 13.1 Å². The van der Waals surface area contributed by atoms with Crippen molar-refractivity contribution >= 4 is 6.09 Å². The summed E-state index contributed by atoms with van der Waals surface area (Å²) in [6.07, 6.45) is 5.06. The minimum absolute atomic E-state index is 0.127. The monoisotopic (exact) mass is 335 g/mol. The molecule has 0 unspecified atom stereocenters. The van der Waals surface area contributed by atoms with Crippen molar-refractivity contribution in [1.29, 1.82) is 0 Å². The Balaban J connectivity index is 1.30. The Morgan fingerprint density at radius 1 is 1.16 bits per heavy atom. The van der Waals surface area contributed by atoms with Crippen LogP contribution in [0.2, 0.25) is 0 Å². The molecule has 3 aromatic rings. The van der Waals surface area contributed by atoms with Crippen LogP contribution in [0.3, 0.4) is 0 Å². The molecule has 4 rings (SSSR count). The van der Waals surface area contributed by atoms with Gasteiger partial charge in [-0.25, -0.2) is 9.48 Å². The van der Waals surface area contributed by atoms with E-state index in [9.17, 15) is 4.79 Å². The average molecular weight is 335 g/mol. The van der Waals surface area contributed by atoms with Crippen molar-refractivity contribution in [2.45, 2.75) is 12.6 Å². The molecule has 1 saturated heterocycles. The van der Waals surface area contributed by atoms with E-state index in [1.807, 2.05) is 48.7 Å². The molecule has 1 aromatic carbocycles. The Labute approximate surface area is 144 Å². The van der Waals surface area contributed by atoms with Crippen LogP contribution in [-0.4, -0.2) is 44.1 Å². The standard InChI is InChI=1S/C18H17N5O2/c24-18(25-13-14-5-2-1-3-6-14)22-10-16(11-22)23-12-17(20-21-23)15-7-4-8-19-9-15/h1-9,12,16H,10-11,13H2. The first-order chi connectivity index (χ1) is 12.3. The first kappa shape index (κ1) is 15.3. The molecule has 1 fully saturated rings. The zero-order valence-electron chi connectivity index (χ0n) is 13.5. The average Bonchev–Trinajstić information content (AvgIpc) is 3.10. The second-order valence-corrected chi connectivity index (χ2v) is 5.92. The molecule has 3 heterocycles. The van der Waals surface area contributed by atoms with Gasteiger partial charge in [0.15, 0.2) is 0 Å². The molecule has 2 aromatic heterocycles. The van der Waals surface area contributed by atoms with Gasteiger partial charge in [0.25, 0.3) is 0 Å². The number of pyridine rings is 1. The predicted molar refractivity (Wildman–Crippen MR) is 90.5 cm³/mol. The molecule has 1 amide bonds. The normalized spacial score (nSPS) is 14.2. The van der Waals surface area contributed by atoms with Crippen molar-refractivity contribution < 1.29 is 9.53 Å². The van der Waals surface area contributed by atoms with Gasteiger partial charge in [-0.15, -0.1) is 5.10 Å². The minimum atomic E-state index is -0.298. The van der Waals surface area contributed by atoms with E-state index in [1.165, 1.54) is 0 Å². The van der Waals surface area contributed by atoms with E-state index in [-0.39, 0.29) is 18.7 Å². The van der Waals surface area contributed by atoms with Crippen molar-refractivity contribution in [3.63, 3.8) is 0 Å². The van der Waals surface area contributed by atoms with Gasteiger partial charge in [-0.2, -0.15) is 0 Å². The van der Waals surface area contributed by atoms with Gasteiger partial charge in [-0.05, 0) is 17.7 Å². The molecule has 0 N–H and O–H groups in total. The van der Waals surface area contributed by atoms with Crippen LogP contribution in [0, 0.1) is 0 Å². The summed E-state index contributed by atoms with van der Waals surface area (Å²) in [5.41, 5.74) is 2.68. The first-order valence-corrected chi connectivity index (χ1v) is 8.07. The molecule has 0 atom stereocenters. The summed E-state index contributed by atoms with van der Waals surface area (Å²) < 4.78 is 7.12. The van der Waals surface area contributed by atoms with Gasteiger partial charge in [0.05, 0.1) is 12.2 Å². The van der Waals surface area contributed by atoms with Crippen LogP contribution in [0.25, 0.3) is 11.3 Å². The number of likely N-dealkylation sites (tertiary alicyclic amines) is 1. The molecular weight excluding hydrogens is 318 g/mol. The van der Waals surface area contributed by atoms with Gasteiger partial charge in [-0.3, -0.25) is 4.98 Å². The van der Waals surface area contributed by atoms with Gasteiger partial charge < -0.3 is 9.64 Å². The minimum Gasteiger partial charge on any atom is -0.445 e. The third kappa shape index (κ3) is 3.35. The summed E-state index contributed by atoms with van der Waals surface area (Å²) in [6.45, 7) is 1.43. The maximum Gasteiger partial charge on any atom is 0.410 e. The maximum atomic E-state index is 12.1. The van der Waals surface area contributed by atoms with Gasteiger partial charge in [-0.1, -0.05) is 35.5 Å². The Bertz CT molecular complexity index is 844. The van der Waals surface area contributed by atoms with Gasteiger partial charge >= 0.3 is 6.09 Å². The maximum absolute atomic E-state index is 12.1. The highest BCUT2D eigenvalue weighted by atomic mass is 16.6. The lowest BCUT2D eigenvalue weighted by molar-refractivity contribution is 0.0492. The molecular formula is C18H17N5O2. The molecule has 0 bridgehead atoms. The number of hydrogen-bond acceptors (Lipinski definition) is 5. The number of benzene rings is 1. The molecule has 1 aliphatic rings. The number of nitrogens with zero attached hydrogens (tertiary/aromatic N) is 5. The quantitative estimate of drug-likeness (QED) is 0.732. The topological polar surface area (TPSA) is 73.1 Å². The van der Waals surface area contributed by atoms with Gasteiger partial charge in [0.1, 0.15) is 12.3 Å². The SMILES string of the molecule is O=C(OCc1ccccc1)N1CC(n2cc(-c3cccnc3)nn2)C1. The highest BCUT2D eigenvalue weighted by Gasteiger charge is 2.33. The summed E-state index contributed by atoms with van der Waals surface area (Å²) in [5.74, 6) is 0. The Morgan fingerprint density at radius 2 is 2.00 bits per heavy atom. The van der Waals surface area contributed by atoms with Crippen LogP contribution in [0.4, 0.5) is 4.79 Å². The van der Waals surface area contributed by atoms with E-state index in [0.29, 0.717) is 13.1 Å². The molecule has 0 aliphatic carbocycles. The molecule has 0 saturated carbocycles. The van der Waals surface area contributed by atoms with Gasteiger partial charge in [0.2, 0.25) is 0 Å². The van der Waals surface area contributed by atoms with E-state index >= 15 is 0 Å². The predicted octanol–water partition coefficient (Wildman–Crippen LogP) is 2.53. The molecule has 7 heteroatoms. The van der Waals surface area contributed by atoms with Crippen LogP contribution in [-0.2, 0) is 11.3 Å². The summed E-state index contributed by atoms with van der Waals surface area (Å²) in [5, 5.41) is 8.34. The third-order valence-corrected chi connectivity index (χ3v) is 4.17. The molecule has 25 heavy (non-hydrogen) atoms. The van der Waals surface area contributed by atoms with Crippen molar-refractivity contribution in [2.24, 2.45) is 0 Å². The summed E-state index contributed by atoms with van der Waals surface area (Å²) >= 11 is 0. The smallest absolute Gasteiger partial charge is 0.410 e. The van der Waals surface area contributed by atoms with E-state index in [1.54, 1.807) is 22.0 Å².